The van der Waals surface area contributed by atoms with E-state index in [4.69, 9.17) is 4.74 Å². The molecule has 0 atom stereocenters. The summed E-state index contributed by atoms with van der Waals surface area (Å²) in [6.45, 7) is 2.40. The zero-order valence-electron chi connectivity index (χ0n) is 13.7. The Morgan fingerprint density at radius 1 is 1.12 bits per heavy atom. The smallest absolute Gasteiger partial charge is 0.261 e. The van der Waals surface area contributed by atoms with Crippen molar-refractivity contribution in [2.24, 2.45) is 0 Å². The number of ether oxygens (including phenoxy) is 1. The number of aromatic amines is 1. The third-order valence-corrected chi connectivity index (χ3v) is 3.99. The highest BCUT2D eigenvalue weighted by atomic mass is 16.5. The fraction of sp³-hybridized carbons (Fsp3) is 0.278. The van der Waals surface area contributed by atoms with Gasteiger partial charge in [-0.1, -0.05) is 12.1 Å². The van der Waals surface area contributed by atoms with Gasteiger partial charge in [0.05, 0.1) is 19.6 Å². The molecule has 25 heavy (non-hydrogen) atoms. The maximum absolute atomic E-state index is 12.2. The van der Waals surface area contributed by atoms with Crippen LogP contribution in [0.1, 0.15) is 15.9 Å². The molecule has 1 saturated heterocycles. The Bertz CT molecular complexity index is 808. The van der Waals surface area contributed by atoms with Crippen LogP contribution in [0, 0.1) is 0 Å². The maximum atomic E-state index is 12.2. The molecule has 7 nitrogen and oxygen atoms in total. The van der Waals surface area contributed by atoms with E-state index < -0.39 is 11.5 Å². The lowest BCUT2D eigenvalue weighted by molar-refractivity contribution is -0.134. The van der Waals surface area contributed by atoms with Gasteiger partial charge in [-0.25, -0.2) is 0 Å². The number of morpholine rings is 1. The number of H-pyrrole nitrogens is 1. The summed E-state index contributed by atoms with van der Waals surface area (Å²) in [5, 5.41) is 2.67. The Labute approximate surface area is 144 Å². The average Bonchev–Trinajstić information content (AvgIpc) is 2.64. The van der Waals surface area contributed by atoms with Crippen molar-refractivity contribution in [2.45, 2.75) is 6.42 Å². The van der Waals surface area contributed by atoms with Crippen molar-refractivity contribution in [2.75, 3.05) is 31.6 Å². The summed E-state index contributed by atoms with van der Waals surface area (Å²) < 4.78 is 5.24. The first-order chi connectivity index (χ1) is 12.1. The minimum absolute atomic E-state index is 0.0501. The molecule has 0 saturated carbocycles. The van der Waals surface area contributed by atoms with E-state index in [1.165, 1.54) is 12.3 Å². The van der Waals surface area contributed by atoms with Gasteiger partial charge in [0.25, 0.3) is 11.5 Å². The summed E-state index contributed by atoms with van der Waals surface area (Å²) in [6, 6.07) is 10.1. The number of hydrogen-bond donors (Lipinski definition) is 2. The van der Waals surface area contributed by atoms with Crippen LogP contribution in [0.3, 0.4) is 0 Å². The van der Waals surface area contributed by atoms with Gasteiger partial charge in [-0.15, -0.1) is 0 Å². The SMILES string of the molecule is O=C(Nc1ccc(CC(=O)N2CCOCC2)cc1)c1ccc[nH]c1=O. The number of rotatable bonds is 4. The van der Waals surface area contributed by atoms with E-state index in [1.807, 2.05) is 0 Å². The molecule has 7 heteroatoms. The largest absolute Gasteiger partial charge is 0.378 e. The Kier molecular flexibility index (Phi) is 5.25. The summed E-state index contributed by atoms with van der Waals surface area (Å²) in [5.41, 5.74) is 1.05. The van der Waals surface area contributed by atoms with Gasteiger partial charge in [0.2, 0.25) is 5.91 Å². The monoisotopic (exact) mass is 341 g/mol. The standard InChI is InChI=1S/C18H19N3O4/c22-16(21-8-10-25-11-9-21)12-13-3-5-14(6-4-13)20-18(24)15-2-1-7-19-17(15)23/h1-7H,8-12H2,(H,19,23)(H,20,24). The number of anilines is 1. The molecule has 1 aliphatic rings. The van der Waals surface area contributed by atoms with Crippen LogP contribution in [0.4, 0.5) is 5.69 Å². The van der Waals surface area contributed by atoms with Crippen LogP contribution in [0.15, 0.2) is 47.4 Å². The molecule has 0 aliphatic carbocycles. The van der Waals surface area contributed by atoms with E-state index in [9.17, 15) is 14.4 Å². The van der Waals surface area contributed by atoms with Crippen LogP contribution in [0.2, 0.25) is 0 Å². The lowest BCUT2D eigenvalue weighted by atomic mass is 10.1. The first-order valence-corrected chi connectivity index (χ1v) is 8.07. The molecule has 0 spiro atoms. The molecule has 1 aromatic carbocycles. The van der Waals surface area contributed by atoms with Crippen LogP contribution >= 0.6 is 0 Å². The molecular weight excluding hydrogens is 322 g/mol. The second kappa shape index (κ2) is 7.76. The highest BCUT2D eigenvalue weighted by Gasteiger charge is 2.17. The summed E-state index contributed by atoms with van der Waals surface area (Å²) in [7, 11) is 0. The number of amides is 2. The van der Waals surface area contributed by atoms with Crippen LogP contribution in [0.5, 0.6) is 0 Å². The van der Waals surface area contributed by atoms with Gasteiger partial charge in [0.15, 0.2) is 0 Å². The molecular formula is C18H19N3O4. The molecule has 1 aliphatic heterocycles. The van der Waals surface area contributed by atoms with Crippen molar-refractivity contribution in [1.82, 2.24) is 9.88 Å². The third-order valence-electron chi connectivity index (χ3n) is 3.99. The number of benzene rings is 1. The zero-order valence-corrected chi connectivity index (χ0v) is 13.7. The predicted octanol–water partition coefficient (Wildman–Crippen LogP) is 1.03. The zero-order chi connectivity index (χ0) is 17.6. The second-order valence-corrected chi connectivity index (χ2v) is 5.73. The van der Waals surface area contributed by atoms with Crippen molar-refractivity contribution in [3.05, 3.63) is 64.1 Å². The highest BCUT2D eigenvalue weighted by Crippen LogP contribution is 2.12. The summed E-state index contributed by atoms with van der Waals surface area (Å²) in [6.07, 6.45) is 1.78. The van der Waals surface area contributed by atoms with Gasteiger partial charge in [-0.2, -0.15) is 0 Å². The first kappa shape index (κ1) is 16.9. The summed E-state index contributed by atoms with van der Waals surface area (Å²) >= 11 is 0. The first-order valence-electron chi connectivity index (χ1n) is 8.07. The Morgan fingerprint density at radius 3 is 2.52 bits per heavy atom. The van der Waals surface area contributed by atoms with E-state index >= 15 is 0 Å². The number of hydrogen-bond acceptors (Lipinski definition) is 4. The minimum atomic E-state index is -0.473. The predicted molar refractivity (Wildman–Crippen MR) is 92.6 cm³/mol. The Hall–Kier alpha value is -2.93. The van der Waals surface area contributed by atoms with Gasteiger partial charge in [-0.05, 0) is 29.8 Å². The van der Waals surface area contributed by atoms with Crippen molar-refractivity contribution >= 4 is 17.5 Å². The van der Waals surface area contributed by atoms with Crippen molar-refractivity contribution in [3.8, 4) is 0 Å². The maximum Gasteiger partial charge on any atom is 0.261 e. The molecule has 0 radical (unpaired) electrons. The number of carbonyl (C=O) groups excluding carboxylic acids is 2. The van der Waals surface area contributed by atoms with Crippen LogP contribution in [-0.4, -0.2) is 48.0 Å². The van der Waals surface area contributed by atoms with Crippen LogP contribution < -0.4 is 10.9 Å². The number of aromatic nitrogens is 1. The number of nitrogens with one attached hydrogen (secondary N) is 2. The van der Waals surface area contributed by atoms with Crippen LogP contribution in [0.25, 0.3) is 0 Å². The average molecular weight is 341 g/mol. The van der Waals surface area contributed by atoms with E-state index in [1.54, 1.807) is 35.2 Å². The van der Waals surface area contributed by atoms with Crippen molar-refractivity contribution in [1.29, 1.82) is 0 Å². The summed E-state index contributed by atoms with van der Waals surface area (Å²) in [4.78, 5) is 40.2. The molecule has 130 valence electrons. The highest BCUT2D eigenvalue weighted by molar-refractivity contribution is 6.03. The summed E-state index contributed by atoms with van der Waals surface area (Å²) in [5.74, 6) is -0.408. The molecule has 0 unspecified atom stereocenters. The molecule has 0 bridgehead atoms. The van der Waals surface area contributed by atoms with Gasteiger partial charge in [0, 0.05) is 25.0 Å². The van der Waals surface area contributed by atoms with E-state index in [-0.39, 0.29) is 11.5 Å². The van der Waals surface area contributed by atoms with Crippen LogP contribution in [-0.2, 0) is 16.0 Å². The third kappa shape index (κ3) is 4.33. The van der Waals surface area contributed by atoms with E-state index in [0.29, 0.717) is 38.4 Å². The molecule has 1 fully saturated rings. The number of carbonyl (C=O) groups is 2. The number of nitrogens with zero attached hydrogens (tertiary/aromatic N) is 1. The molecule has 2 N–H and O–H groups in total. The lowest BCUT2D eigenvalue weighted by Crippen LogP contribution is -2.41. The minimum Gasteiger partial charge on any atom is -0.378 e. The quantitative estimate of drug-likeness (QED) is 0.869. The molecule has 2 heterocycles. The number of pyridine rings is 1. The fourth-order valence-electron chi connectivity index (χ4n) is 2.60. The fourth-order valence-corrected chi connectivity index (χ4v) is 2.60. The second-order valence-electron chi connectivity index (χ2n) is 5.73. The molecule has 1 aromatic heterocycles. The van der Waals surface area contributed by atoms with E-state index in [2.05, 4.69) is 10.3 Å². The van der Waals surface area contributed by atoms with Gasteiger partial charge in [0.1, 0.15) is 5.56 Å². The van der Waals surface area contributed by atoms with Crippen molar-refractivity contribution < 1.29 is 14.3 Å². The van der Waals surface area contributed by atoms with Crippen molar-refractivity contribution in [3.63, 3.8) is 0 Å². The van der Waals surface area contributed by atoms with E-state index in [0.717, 1.165) is 5.56 Å². The van der Waals surface area contributed by atoms with Gasteiger partial charge in [-0.3, -0.25) is 14.4 Å². The normalized spacial score (nSPS) is 14.2. The van der Waals surface area contributed by atoms with Gasteiger partial charge >= 0.3 is 0 Å². The lowest BCUT2D eigenvalue weighted by Gasteiger charge is -2.26. The topological polar surface area (TPSA) is 91.5 Å². The molecule has 2 amide bonds. The van der Waals surface area contributed by atoms with Gasteiger partial charge < -0.3 is 19.9 Å². The Balaban J connectivity index is 1.60. The molecule has 2 aromatic rings. The molecule has 3 rings (SSSR count). The Morgan fingerprint density at radius 2 is 1.84 bits per heavy atom.